The predicted octanol–water partition coefficient (Wildman–Crippen LogP) is -0.0160. The van der Waals surface area contributed by atoms with Crippen LogP contribution in [0.15, 0.2) is 0 Å². The second kappa shape index (κ2) is 17.0. The molecule has 0 aromatic rings. The van der Waals surface area contributed by atoms with Gasteiger partial charge in [-0.25, -0.2) is 0 Å². The maximum absolute atomic E-state index is 13.2. The zero-order chi connectivity index (χ0) is 33.1. The van der Waals surface area contributed by atoms with E-state index in [1.807, 2.05) is 32.6 Å². The minimum absolute atomic E-state index is 0.0182. The van der Waals surface area contributed by atoms with E-state index in [0.717, 1.165) is 19.3 Å². The number of ketones is 1. The number of esters is 1. The highest BCUT2D eigenvalue weighted by atomic mass is 16.6. The Kier molecular flexibility index (Phi) is 13.7. The molecule has 4 amide bonds. The molecule has 3 fully saturated rings. The van der Waals surface area contributed by atoms with E-state index in [1.165, 1.54) is 4.90 Å². The highest BCUT2D eigenvalue weighted by Gasteiger charge is 2.50. The molecule has 2 saturated heterocycles. The summed E-state index contributed by atoms with van der Waals surface area (Å²) in [6, 6.07) is -1.72. The average molecular weight is 638 g/mol. The summed E-state index contributed by atoms with van der Waals surface area (Å²) in [4.78, 5) is 80.5. The number of hydrogen-bond acceptors (Lipinski definition) is 10. The van der Waals surface area contributed by atoms with Crippen LogP contribution in [0.5, 0.6) is 0 Å². The quantitative estimate of drug-likeness (QED) is 0.105. The van der Waals surface area contributed by atoms with E-state index < -0.39 is 47.9 Å². The molecule has 0 aromatic heterocycles. The van der Waals surface area contributed by atoms with Crippen molar-refractivity contribution in [3.05, 3.63) is 0 Å². The third kappa shape index (κ3) is 12.0. The summed E-state index contributed by atoms with van der Waals surface area (Å²) < 4.78 is 16.0. The van der Waals surface area contributed by atoms with E-state index in [0.29, 0.717) is 39.3 Å². The molecular formula is C31H51N5O9. The number of carbonyl (C=O) groups excluding carboxylic acids is 6. The lowest BCUT2D eigenvalue weighted by Crippen LogP contribution is -2.54. The molecule has 0 bridgehead atoms. The molecule has 1 saturated carbocycles. The number of epoxide rings is 1. The van der Waals surface area contributed by atoms with Crippen LogP contribution in [-0.4, -0.2) is 122 Å². The van der Waals surface area contributed by atoms with Crippen molar-refractivity contribution in [3.63, 3.8) is 0 Å². The average Bonchev–Trinajstić information content (AvgIpc) is 3.70. The standard InChI is InChI=1S/C31H51N5O9/c1-20(2)13-23(28(40)31(5)18-45-31)33-25(37)15-32-29(41)24(14-21(3)4)34-26(38)16-36(19-44-30(42)22-7-6-8-22)27(39)17-35-9-11-43-12-10-35/h20-24H,6-19H2,1-5H3,(H,32,41)(H,33,37)(H,34,38)/t23-,24-,31+/m0/s1. The van der Waals surface area contributed by atoms with Crippen LogP contribution in [0.4, 0.5) is 0 Å². The van der Waals surface area contributed by atoms with Gasteiger partial charge in [-0.05, 0) is 44.4 Å². The first-order valence-corrected chi connectivity index (χ1v) is 16.1. The maximum Gasteiger partial charge on any atom is 0.310 e. The van der Waals surface area contributed by atoms with Gasteiger partial charge in [0.1, 0.15) is 18.2 Å². The monoisotopic (exact) mass is 637 g/mol. The first-order valence-electron chi connectivity index (χ1n) is 16.1. The van der Waals surface area contributed by atoms with Crippen LogP contribution in [0, 0.1) is 17.8 Å². The molecule has 3 N–H and O–H groups in total. The van der Waals surface area contributed by atoms with Gasteiger partial charge in [0, 0.05) is 13.1 Å². The summed E-state index contributed by atoms with van der Waals surface area (Å²) >= 11 is 0. The molecule has 1 aliphatic carbocycles. The summed E-state index contributed by atoms with van der Waals surface area (Å²) in [5, 5.41) is 7.96. The number of carbonyl (C=O) groups is 6. The van der Waals surface area contributed by atoms with Crippen LogP contribution in [0.25, 0.3) is 0 Å². The van der Waals surface area contributed by atoms with Crippen molar-refractivity contribution in [2.24, 2.45) is 17.8 Å². The van der Waals surface area contributed by atoms with Gasteiger partial charge in [0.05, 0.1) is 44.9 Å². The van der Waals surface area contributed by atoms with Gasteiger partial charge in [0.2, 0.25) is 23.6 Å². The Hall–Kier alpha value is -3.10. The van der Waals surface area contributed by atoms with E-state index in [2.05, 4.69) is 16.0 Å². The second-order valence-corrected chi connectivity index (χ2v) is 13.3. The molecule has 3 aliphatic rings. The minimum atomic E-state index is -0.981. The zero-order valence-electron chi connectivity index (χ0n) is 27.4. The van der Waals surface area contributed by atoms with Gasteiger partial charge in [-0.2, -0.15) is 0 Å². The van der Waals surface area contributed by atoms with Gasteiger partial charge in [-0.3, -0.25) is 38.6 Å². The van der Waals surface area contributed by atoms with E-state index in [9.17, 15) is 28.8 Å². The van der Waals surface area contributed by atoms with Gasteiger partial charge in [0.15, 0.2) is 12.5 Å². The normalized spacial score (nSPS) is 21.3. The van der Waals surface area contributed by atoms with Crippen molar-refractivity contribution in [1.82, 2.24) is 25.8 Å². The van der Waals surface area contributed by atoms with Crippen molar-refractivity contribution >= 4 is 35.4 Å². The van der Waals surface area contributed by atoms with Crippen LogP contribution in [0.2, 0.25) is 0 Å². The summed E-state index contributed by atoms with van der Waals surface area (Å²) in [6.45, 7) is 10.7. The number of hydrogen-bond donors (Lipinski definition) is 3. The molecule has 3 rings (SSSR count). The van der Waals surface area contributed by atoms with Gasteiger partial charge < -0.3 is 30.2 Å². The first-order chi connectivity index (χ1) is 21.3. The summed E-state index contributed by atoms with van der Waals surface area (Å²) in [5.41, 5.74) is -0.893. The van der Waals surface area contributed by atoms with E-state index in [-0.39, 0.29) is 55.7 Å². The fourth-order valence-electron chi connectivity index (χ4n) is 5.13. The summed E-state index contributed by atoms with van der Waals surface area (Å²) in [6.07, 6.45) is 3.15. The Morgan fingerprint density at radius 3 is 2.09 bits per heavy atom. The van der Waals surface area contributed by atoms with Crippen LogP contribution >= 0.6 is 0 Å². The number of Topliss-reactive ketones (excluding diaryl/α,β-unsaturated/α-hetero) is 1. The fourth-order valence-corrected chi connectivity index (χ4v) is 5.13. The van der Waals surface area contributed by atoms with Crippen molar-refractivity contribution in [2.45, 2.75) is 84.4 Å². The Balaban J connectivity index is 1.57. The van der Waals surface area contributed by atoms with Gasteiger partial charge in [0.25, 0.3) is 0 Å². The van der Waals surface area contributed by atoms with Crippen molar-refractivity contribution in [1.29, 1.82) is 0 Å². The lowest BCUT2D eigenvalue weighted by molar-refractivity contribution is -0.161. The van der Waals surface area contributed by atoms with Crippen LogP contribution in [0.3, 0.4) is 0 Å². The molecule has 0 radical (unpaired) electrons. The lowest BCUT2D eigenvalue weighted by atomic mass is 9.86. The Bertz CT molecular complexity index is 1070. The Morgan fingerprint density at radius 2 is 1.53 bits per heavy atom. The molecule has 14 nitrogen and oxygen atoms in total. The Labute approximate surface area is 265 Å². The van der Waals surface area contributed by atoms with Crippen LogP contribution < -0.4 is 16.0 Å². The zero-order valence-corrected chi connectivity index (χ0v) is 27.4. The molecule has 3 atom stereocenters. The molecular weight excluding hydrogens is 586 g/mol. The molecule has 45 heavy (non-hydrogen) atoms. The largest absolute Gasteiger partial charge is 0.444 e. The topological polar surface area (TPSA) is 176 Å². The molecule has 2 aliphatic heterocycles. The van der Waals surface area contributed by atoms with E-state index in [4.69, 9.17) is 14.2 Å². The number of nitrogens with one attached hydrogen (secondary N) is 3. The molecule has 0 spiro atoms. The first kappa shape index (κ1) is 36.4. The number of nitrogens with zero attached hydrogens (tertiary/aromatic N) is 2. The van der Waals surface area contributed by atoms with Crippen molar-refractivity contribution < 1.29 is 43.0 Å². The summed E-state index contributed by atoms with van der Waals surface area (Å²) in [7, 11) is 0. The molecule has 14 heteroatoms. The van der Waals surface area contributed by atoms with Gasteiger partial charge in [-0.15, -0.1) is 0 Å². The third-order valence-corrected chi connectivity index (χ3v) is 8.19. The second-order valence-electron chi connectivity index (χ2n) is 13.3. The highest BCUT2D eigenvalue weighted by molar-refractivity contribution is 5.97. The minimum Gasteiger partial charge on any atom is -0.444 e. The third-order valence-electron chi connectivity index (χ3n) is 8.19. The summed E-state index contributed by atoms with van der Waals surface area (Å²) in [5.74, 6) is -2.71. The lowest BCUT2D eigenvalue weighted by Gasteiger charge is -2.30. The van der Waals surface area contributed by atoms with Gasteiger partial charge in [-0.1, -0.05) is 34.1 Å². The predicted molar refractivity (Wildman–Crippen MR) is 162 cm³/mol. The number of ether oxygens (including phenoxy) is 3. The van der Waals surface area contributed by atoms with Crippen molar-refractivity contribution in [2.75, 3.05) is 59.3 Å². The highest BCUT2D eigenvalue weighted by Crippen LogP contribution is 2.29. The molecule has 2 heterocycles. The SMILES string of the molecule is CC(C)C[C@H](NC(=O)CN(COC(=O)C1CCC1)C(=O)CN1CCOCC1)C(=O)NCC(=O)N[C@@H](CC(C)C)C(=O)[C@@]1(C)CO1. The number of amides is 4. The van der Waals surface area contributed by atoms with Crippen LogP contribution in [-0.2, 0) is 43.0 Å². The van der Waals surface area contributed by atoms with E-state index >= 15 is 0 Å². The van der Waals surface area contributed by atoms with Crippen LogP contribution in [0.1, 0.15) is 66.7 Å². The molecule has 0 aromatic carbocycles. The number of rotatable bonds is 18. The fraction of sp³-hybridized carbons (Fsp3) is 0.806. The maximum atomic E-state index is 13.2. The molecule has 254 valence electrons. The van der Waals surface area contributed by atoms with E-state index in [1.54, 1.807) is 6.92 Å². The molecule has 0 unspecified atom stereocenters. The smallest absolute Gasteiger partial charge is 0.310 e. The number of morpholine rings is 1. The van der Waals surface area contributed by atoms with Crippen molar-refractivity contribution in [3.8, 4) is 0 Å². The Morgan fingerprint density at radius 1 is 0.933 bits per heavy atom. The van der Waals surface area contributed by atoms with Gasteiger partial charge >= 0.3 is 5.97 Å².